The zero-order valence-electron chi connectivity index (χ0n) is 46.8. The molecule has 0 aromatic heterocycles. The lowest BCUT2D eigenvalue weighted by Gasteiger charge is -2.21. The number of ether oxygens (including phenoxy) is 3. The van der Waals surface area contributed by atoms with Gasteiger partial charge in [-0.2, -0.15) is 0 Å². The minimum Gasteiger partial charge on any atom is -0.462 e. The summed E-state index contributed by atoms with van der Waals surface area (Å²) in [5.74, 6) is -1.56. The lowest BCUT2D eigenvalue weighted by Crippen LogP contribution is -2.30. The van der Waals surface area contributed by atoms with Crippen LogP contribution in [0.1, 0.15) is 239 Å². The lowest BCUT2D eigenvalue weighted by atomic mass is 10.1. The van der Waals surface area contributed by atoms with Crippen LogP contribution in [0, 0.1) is 0 Å². The van der Waals surface area contributed by atoms with E-state index in [2.05, 4.69) is 112 Å². The number of aliphatic hydroxyl groups excluding tert-OH is 1. The molecule has 11 nitrogen and oxygen atoms in total. The number of phosphoric ester groups is 1. The highest BCUT2D eigenvalue weighted by Gasteiger charge is 2.28. The Hall–Kier alpha value is -3.60. The summed E-state index contributed by atoms with van der Waals surface area (Å²) < 4.78 is 39.5. The summed E-state index contributed by atoms with van der Waals surface area (Å²) in [6.45, 7) is 4.38. The van der Waals surface area contributed by atoms with Gasteiger partial charge in [0, 0.05) is 19.3 Å². The summed E-state index contributed by atoms with van der Waals surface area (Å²) >= 11 is 0. The summed E-state index contributed by atoms with van der Waals surface area (Å²) in [7, 11) is -4.77. The average Bonchev–Trinajstić information content (AvgIpc) is 3.39. The van der Waals surface area contributed by atoms with Gasteiger partial charge in [-0.25, -0.2) is 4.57 Å². The van der Waals surface area contributed by atoms with Crippen molar-refractivity contribution in [2.45, 2.75) is 251 Å². The van der Waals surface area contributed by atoms with Crippen molar-refractivity contribution in [2.24, 2.45) is 0 Å². The van der Waals surface area contributed by atoms with Crippen molar-refractivity contribution in [3.63, 3.8) is 0 Å². The second-order valence-electron chi connectivity index (χ2n) is 19.1. The van der Waals surface area contributed by atoms with Gasteiger partial charge in [-0.05, 0) is 109 Å². The van der Waals surface area contributed by atoms with Crippen LogP contribution in [0.2, 0.25) is 0 Å². The monoisotopic (exact) mass is 1060 g/mol. The fraction of sp³-hybridized carbons (Fsp3) is 0.694. The van der Waals surface area contributed by atoms with Crippen molar-refractivity contribution in [3.8, 4) is 0 Å². The van der Waals surface area contributed by atoms with E-state index in [1.165, 1.54) is 57.8 Å². The Labute approximate surface area is 451 Å². The van der Waals surface area contributed by atoms with Gasteiger partial charge in [0.1, 0.15) is 12.7 Å². The molecule has 12 heteroatoms. The maximum absolute atomic E-state index is 12.9. The van der Waals surface area contributed by atoms with Crippen molar-refractivity contribution in [1.29, 1.82) is 0 Å². The molecule has 0 amide bonds. The Balaban J connectivity index is 4.83. The van der Waals surface area contributed by atoms with E-state index in [1.54, 1.807) is 0 Å². The zero-order valence-corrected chi connectivity index (χ0v) is 47.7. The highest BCUT2D eigenvalue weighted by atomic mass is 31.2. The molecule has 0 radical (unpaired) electrons. The number of hydrogen-bond donors (Lipinski definition) is 2. The van der Waals surface area contributed by atoms with Crippen LogP contribution in [0.15, 0.2) is 97.2 Å². The van der Waals surface area contributed by atoms with Gasteiger partial charge < -0.3 is 24.2 Å². The van der Waals surface area contributed by atoms with Crippen LogP contribution >= 0.6 is 7.82 Å². The third kappa shape index (κ3) is 53.2. The first-order valence-electron chi connectivity index (χ1n) is 29.1. The van der Waals surface area contributed by atoms with E-state index in [9.17, 15) is 28.9 Å². The fourth-order valence-electron chi connectivity index (χ4n) is 7.54. The van der Waals surface area contributed by atoms with E-state index in [0.717, 1.165) is 116 Å². The van der Waals surface area contributed by atoms with Gasteiger partial charge in [0.2, 0.25) is 0 Å². The summed E-state index contributed by atoms with van der Waals surface area (Å²) in [5.41, 5.74) is 0. The molecule has 0 spiro atoms. The maximum Gasteiger partial charge on any atom is 0.472 e. The Morgan fingerprint density at radius 2 is 0.743 bits per heavy atom. The first-order valence-corrected chi connectivity index (χ1v) is 30.6. The molecule has 0 aliphatic rings. The molecule has 0 aromatic carbocycles. The smallest absolute Gasteiger partial charge is 0.462 e. The van der Waals surface area contributed by atoms with Crippen molar-refractivity contribution in [2.75, 3.05) is 26.4 Å². The number of phosphoric acid groups is 1. The van der Waals surface area contributed by atoms with E-state index in [-0.39, 0.29) is 25.9 Å². The second kappa shape index (κ2) is 55.6. The Kier molecular flexibility index (Phi) is 52.9. The Morgan fingerprint density at radius 1 is 0.392 bits per heavy atom. The molecular weight excluding hydrogens is 952 g/mol. The minimum atomic E-state index is -4.77. The molecule has 0 saturated carbocycles. The van der Waals surface area contributed by atoms with E-state index in [4.69, 9.17) is 23.3 Å². The van der Waals surface area contributed by atoms with Crippen LogP contribution in [-0.4, -0.2) is 66.5 Å². The molecule has 0 fully saturated rings. The maximum atomic E-state index is 12.9. The normalized spacial score (nSPS) is 14.1. The minimum absolute atomic E-state index is 0.143. The molecule has 74 heavy (non-hydrogen) atoms. The van der Waals surface area contributed by atoms with Crippen LogP contribution in [0.25, 0.3) is 0 Å². The molecule has 424 valence electrons. The van der Waals surface area contributed by atoms with Gasteiger partial charge in [0.05, 0.1) is 19.8 Å². The number of unbranched alkanes of at least 4 members (excludes halogenated alkanes) is 20. The molecule has 0 aliphatic carbocycles. The third-order valence-electron chi connectivity index (χ3n) is 11.9. The molecular formula is C62H105O11P. The van der Waals surface area contributed by atoms with E-state index >= 15 is 0 Å². The number of esters is 3. The van der Waals surface area contributed by atoms with E-state index < -0.39 is 57.8 Å². The first-order chi connectivity index (χ1) is 36.2. The Morgan fingerprint density at radius 3 is 1.19 bits per heavy atom. The molecule has 3 atom stereocenters. The Bertz CT molecular complexity index is 1610. The number of carbonyl (C=O) groups excluding carboxylic acids is 3. The van der Waals surface area contributed by atoms with Gasteiger partial charge in [0.15, 0.2) is 6.10 Å². The summed E-state index contributed by atoms with van der Waals surface area (Å²) in [5, 5.41) is 9.81. The van der Waals surface area contributed by atoms with Crippen molar-refractivity contribution in [1.82, 2.24) is 0 Å². The number of rotatable bonds is 53. The standard InChI is InChI=1S/C62H105O11P/c1-4-7-10-13-16-19-22-25-27-29-31-34-36-39-42-45-48-51-60(64)69-55-59(73-62(66)53-50-47-44-41-38-35-32-30-28-26-23-20-17-14-11-8-5-2)57-71-74(67,68)70-56-58(54-63)72-61(65)52-49-46-43-40-37-33-24-21-18-15-12-9-6-3/h7,10,12,15-16,19,21,24-28,31,34,39,42,58-59,63H,4-6,8-9,11,13-14,17-18,20,22-23,29-30,32-33,35-38,40-41,43-57H2,1-3H3,(H,67,68)/b10-7-,15-12-,19-16-,24-21-,27-25-,28-26-,34-31-,42-39-. The van der Waals surface area contributed by atoms with Crippen LogP contribution < -0.4 is 0 Å². The molecule has 0 aromatic rings. The number of allylic oxidation sites excluding steroid dienone is 16. The highest BCUT2D eigenvalue weighted by Crippen LogP contribution is 2.43. The van der Waals surface area contributed by atoms with Crippen molar-refractivity contribution >= 4 is 25.7 Å². The predicted molar refractivity (Wildman–Crippen MR) is 307 cm³/mol. The molecule has 0 bridgehead atoms. The molecule has 2 N–H and O–H groups in total. The second-order valence-corrected chi connectivity index (χ2v) is 20.5. The van der Waals surface area contributed by atoms with Crippen molar-refractivity contribution in [3.05, 3.63) is 97.2 Å². The third-order valence-corrected chi connectivity index (χ3v) is 12.9. The molecule has 0 rings (SSSR count). The summed E-state index contributed by atoms with van der Waals surface area (Å²) in [4.78, 5) is 48.5. The van der Waals surface area contributed by atoms with Gasteiger partial charge in [0.25, 0.3) is 0 Å². The number of carbonyl (C=O) groups is 3. The topological polar surface area (TPSA) is 155 Å². The van der Waals surface area contributed by atoms with Gasteiger partial charge in [-0.3, -0.25) is 23.4 Å². The number of hydrogen-bond acceptors (Lipinski definition) is 10. The summed E-state index contributed by atoms with van der Waals surface area (Å²) in [6, 6.07) is 0. The lowest BCUT2D eigenvalue weighted by molar-refractivity contribution is -0.161. The van der Waals surface area contributed by atoms with E-state index in [1.807, 2.05) is 6.08 Å². The van der Waals surface area contributed by atoms with Crippen molar-refractivity contribution < 1.29 is 52.2 Å². The molecule has 0 heterocycles. The van der Waals surface area contributed by atoms with Gasteiger partial charge >= 0.3 is 25.7 Å². The van der Waals surface area contributed by atoms with Crippen LogP contribution in [0.5, 0.6) is 0 Å². The largest absolute Gasteiger partial charge is 0.472 e. The fourth-order valence-corrected chi connectivity index (χ4v) is 8.33. The highest BCUT2D eigenvalue weighted by molar-refractivity contribution is 7.47. The van der Waals surface area contributed by atoms with Crippen LogP contribution in [-0.2, 0) is 42.2 Å². The quantitative estimate of drug-likeness (QED) is 0.0197. The molecule has 0 saturated heterocycles. The SMILES string of the molecule is CC/C=C\C/C=C\C/C=C\C/C=C\C/C=C\CCCC(=O)OCC(COP(=O)(O)OCC(CO)OC(=O)CCCCCCC/C=C\C/C=C\CCC)OC(=O)CCCCCCCCC/C=C\CCCCCCCC. The zero-order chi connectivity index (χ0) is 54.1. The van der Waals surface area contributed by atoms with Gasteiger partial charge in [-0.1, -0.05) is 208 Å². The number of aliphatic hydroxyl groups is 1. The predicted octanol–water partition coefficient (Wildman–Crippen LogP) is 17.3. The van der Waals surface area contributed by atoms with Gasteiger partial charge in [-0.15, -0.1) is 0 Å². The van der Waals surface area contributed by atoms with Crippen LogP contribution in [0.3, 0.4) is 0 Å². The summed E-state index contributed by atoms with van der Waals surface area (Å²) in [6.07, 6.45) is 65.1. The van der Waals surface area contributed by atoms with E-state index in [0.29, 0.717) is 25.7 Å². The molecule has 3 unspecified atom stereocenters. The molecule has 0 aliphatic heterocycles. The van der Waals surface area contributed by atoms with Crippen LogP contribution in [0.4, 0.5) is 0 Å². The average molecular weight is 1060 g/mol. The first kappa shape index (κ1) is 70.4.